The number of fused-ring (bicyclic) bond motifs is 1. The standard InChI is InChI=1S/C16H18N4/c1-11-9-16(20(8-2-7-17)13-4-5-13)14-10-12(18)3-6-15(14)19-11/h3,6,9-10,13H,2,4-5,8,18H2,1H3. The van der Waals surface area contributed by atoms with E-state index < -0.39 is 0 Å². The smallest absolute Gasteiger partial charge is 0.0727 e. The van der Waals surface area contributed by atoms with Crippen molar-refractivity contribution in [2.24, 2.45) is 0 Å². The van der Waals surface area contributed by atoms with Crippen LogP contribution in [0.5, 0.6) is 0 Å². The number of hydrogen-bond donors (Lipinski definition) is 1. The van der Waals surface area contributed by atoms with Crippen LogP contribution in [0, 0.1) is 18.3 Å². The first-order chi connectivity index (χ1) is 9.69. The van der Waals surface area contributed by atoms with Gasteiger partial charge in [0, 0.05) is 35.0 Å². The minimum absolute atomic E-state index is 0.543. The molecule has 1 aromatic heterocycles. The fraction of sp³-hybridized carbons (Fsp3) is 0.375. The molecule has 1 aromatic carbocycles. The van der Waals surface area contributed by atoms with Gasteiger partial charge in [-0.15, -0.1) is 0 Å². The molecule has 0 aliphatic heterocycles. The lowest BCUT2D eigenvalue weighted by molar-refractivity contribution is 0.795. The van der Waals surface area contributed by atoms with Crippen molar-refractivity contribution in [1.82, 2.24) is 4.98 Å². The molecule has 0 saturated heterocycles. The number of nitriles is 1. The summed E-state index contributed by atoms with van der Waals surface area (Å²) in [6, 6.07) is 10.8. The molecule has 4 nitrogen and oxygen atoms in total. The van der Waals surface area contributed by atoms with Crippen LogP contribution in [0.4, 0.5) is 11.4 Å². The maximum Gasteiger partial charge on any atom is 0.0727 e. The van der Waals surface area contributed by atoms with Gasteiger partial charge in [-0.2, -0.15) is 5.26 Å². The Morgan fingerprint density at radius 2 is 2.20 bits per heavy atom. The van der Waals surface area contributed by atoms with Crippen molar-refractivity contribution in [3.05, 3.63) is 30.0 Å². The maximum absolute atomic E-state index is 8.87. The molecule has 0 atom stereocenters. The van der Waals surface area contributed by atoms with E-state index in [4.69, 9.17) is 11.0 Å². The van der Waals surface area contributed by atoms with E-state index in [1.165, 1.54) is 12.8 Å². The number of aromatic nitrogens is 1. The predicted octanol–water partition coefficient (Wildman–Crippen LogP) is 3.01. The van der Waals surface area contributed by atoms with Crippen molar-refractivity contribution < 1.29 is 0 Å². The summed E-state index contributed by atoms with van der Waals surface area (Å²) in [7, 11) is 0. The van der Waals surface area contributed by atoms with Gasteiger partial charge in [-0.25, -0.2) is 0 Å². The van der Waals surface area contributed by atoms with Crippen LogP contribution in [0.2, 0.25) is 0 Å². The van der Waals surface area contributed by atoms with Gasteiger partial charge >= 0.3 is 0 Å². The average molecular weight is 266 g/mol. The lowest BCUT2D eigenvalue weighted by Gasteiger charge is -2.25. The van der Waals surface area contributed by atoms with Crippen LogP contribution in [0.15, 0.2) is 24.3 Å². The molecule has 1 aliphatic carbocycles. The summed E-state index contributed by atoms with van der Waals surface area (Å²) in [5.41, 5.74) is 9.81. The van der Waals surface area contributed by atoms with E-state index in [1.54, 1.807) is 0 Å². The first-order valence-corrected chi connectivity index (χ1v) is 6.99. The van der Waals surface area contributed by atoms with Gasteiger partial charge in [0.25, 0.3) is 0 Å². The van der Waals surface area contributed by atoms with Gasteiger partial charge in [-0.1, -0.05) is 0 Å². The summed E-state index contributed by atoms with van der Waals surface area (Å²) in [6.07, 6.45) is 2.95. The Morgan fingerprint density at radius 1 is 1.40 bits per heavy atom. The van der Waals surface area contributed by atoms with Crippen LogP contribution in [-0.2, 0) is 0 Å². The quantitative estimate of drug-likeness (QED) is 0.864. The molecule has 1 saturated carbocycles. The van der Waals surface area contributed by atoms with E-state index in [-0.39, 0.29) is 0 Å². The minimum Gasteiger partial charge on any atom is -0.399 e. The van der Waals surface area contributed by atoms with Gasteiger partial charge in [0.2, 0.25) is 0 Å². The Hall–Kier alpha value is -2.28. The number of rotatable bonds is 4. The third kappa shape index (κ3) is 2.39. The molecule has 0 unspecified atom stereocenters. The normalized spacial score (nSPS) is 14.2. The molecule has 1 heterocycles. The lowest BCUT2D eigenvalue weighted by atomic mass is 10.1. The van der Waals surface area contributed by atoms with Crippen LogP contribution in [0.25, 0.3) is 10.9 Å². The largest absolute Gasteiger partial charge is 0.399 e. The summed E-state index contributed by atoms with van der Waals surface area (Å²) in [5.74, 6) is 0. The number of nitrogens with two attached hydrogens (primary N) is 1. The number of aryl methyl sites for hydroxylation is 1. The van der Waals surface area contributed by atoms with Gasteiger partial charge in [-0.05, 0) is 44.0 Å². The summed E-state index contributed by atoms with van der Waals surface area (Å²) in [5, 5.41) is 9.95. The van der Waals surface area contributed by atoms with Crippen molar-refractivity contribution >= 4 is 22.3 Å². The van der Waals surface area contributed by atoms with Gasteiger partial charge in [0.15, 0.2) is 0 Å². The molecular formula is C16H18N4. The number of anilines is 2. The molecule has 102 valence electrons. The highest BCUT2D eigenvalue weighted by Gasteiger charge is 2.30. The summed E-state index contributed by atoms with van der Waals surface area (Å²) < 4.78 is 0. The average Bonchev–Trinajstić information content (AvgIpc) is 3.24. The van der Waals surface area contributed by atoms with Crippen molar-refractivity contribution in [1.29, 1.82) is 5.26 Å². The Bertz CT molecular complexity index is 683. The molecule has 20 heavy (non-hydrogen) atoms. The molecule has 0 amide bonds. The number of nitrogen functional groups attached to an aromatic ring is 1. The van der Waals surface area contributed by atoms with Gasteiger partial charge in [-0.3, -0.25) is 4.98 Å². The molecular weight excluding hydrogens is 248 g/mol. The van der Waals surface area contributed by atoms with E-state index in [0.717, 1.165) is 34.5 Å². The van der Waals surface area contributed by atoms with Crippen LogP contribution < -0.4 is 10.6 Å². The zero-order valence-corrected chi connectivity index (χ0v) is 11.6. The Labute approximate surface area is 118 Å². The minimum atomic E-state index is 0.543. The Balaban J connectivity index is 2.12. The van der Waals surface area contributed by atoms with Gasteiger partial charge in [0.05, 0.1) is 18.0 Å². The fourth-order valence-electron chi connectivity index (χ4n) is 2.65. The summed E-state index contributed by atoms with van der Waals surface area (Å²) >= 11 is 0. The van der Waals surface area contributed by atoms with Gasteiger partial charge < -0.3 is 10.6 Å². The molecule has 0 bridgehead atoms. The van der Waals surface area contributed by atoms with Crippen molar-refractivity contribution in [2.75, 3.05) is 17.2 Å². The van der Waals surface area contributed by atoms with E-state index in [2.05, 4.69) is 22.0 Å². The second-order valence-electron chi connectivity index (χ2n) is 5.39. The molecule has 3 rings (SSSR count). The number of pyridine rings is 1. The molecule has 0 spiro atoms. The zero-order valence-electron chi connectivity index (χ0n) is 11.6. The third-order valence-corrected chi connectivity index (χ3v) is 3.70. The first kappa shape index (κ1) is 12.7. The molecule has 0 radical (unpaired) electrons. The molecule has 1 aliphatic rings. The topological polar surface area (TPSA) is 65.9 Å². The van der Waals surface area contributed by atoms with E-state index in [1.807, 2.05) is 25.1 Å². The van der Waals surface area contributed by atoms with E-state index in [0.29, 0.717) is 12.5 Å². The first-order valence-electron chi connectivity index (χ1n) is 6.99. The van der Waals surface area contributed by atoms with Crippen LogP contribution in [0.3, 0.4) is 0 Å². The summed E-state index contributed by atoms with van der Waals surface area (Å²) in [4.78, 5) is 6.92. The highest BCUT2D eigenvalue weighted by molar-refractivity contribution is 5.94. The Kier molecular flexibility index (Phi) is 3.19. The van der Waals surface area contributed by atoms with Crippen LogP contribution >= 0.6 is 0 Å². The number of nitrogens with zero attached hydrogens (tertiary/aromatic N) is 3. The third-order valence-electron chi connectivity index (χ3n) is 3.70. The van der Waals surface area contributed by atoms with Gasteiger partial charge in [0.1, 0.15) is 0 Å². The molecule has 1 fully saturated rings. The van der Waals surface area contributed by atoms with Crippen molar-refractivity contribution in [3.63, 3.8) is 0 Å². The lowest BCUT2D eigenvalue weighted by Crippen LogP contribution is -2.27. The number of hydrogen-bond acceptors (Lipinski definition) is 4. The molecule has 2 N–H and O–H groups in total. The Morgan fingerprint density at radius 3 is 2.90 bits per heavy atom. The van der Waals surface area contributed by atoms with E-state index >= 15 is 0 Å². The second kappa shape index (κ2) is 5.01. The monoisotopic (exact) mass is 266 g/mol. The molecule has 4 heteroatoms. The predicted molar refractivity (Wildman–Crippen MR) is 81.5 cm³/mol. The highest BCUT2D eigenvalue weighted by Crippen LogP contribution is 2.36. The van der Waals surface area contributed by atoms with Crippen molar-refractivity contribution in [2.45, 2.75) is 32.2 Å². The maximum atomic E-state index is 8.87. The van der Waals surface area contributed by atoms with Crippen LogP contribution in [0.1, 0.15) is 25.0 Å². The van der Waals surface area contributed by atoms with E-state index in [9.17, 15) is 0 Å². The number of benzene rings is 1. The molecule has 2 aromatic rings. The second-order valence-corrected chi connectivity index (χ2v) is 5.39. The summed E-state index contributed by atoms with van der Waals surface area (Å²) in [6.45, 7) is 2.78. The highest BCUT2D eigenvalue weighted by atomic mass is 15.2. The van der Waals surface area contributed by atoms with Crippen molar-refractivity contribution in [3.8, 4) is 6.07 Å². The fourth-order valence-corrected chi connectivity index (χ4v) is 2.65. The SMILES string of the molecule is Cc1cc(N(CCC#N)C2CC2)c2cc(N)ccc2n1. The van der Waals surface area contributed by atoms with Crippen LogP contribution in [-0.4, -0.2) is 17.6 Å². The zero-order chi connectivity index (χ0) is 14.1.